The van der Waals surface area contributed by atoms with Gasteiger partial charge in [-0.1, -0.05) is 26.0 Å². The number of hydrogen-bond donors (Lipinski definition) is 1. The molecular formula is C29H32F5N3O3. The fourth-order valence-corrected chi connectivity index (χ4v) is 5.79. The molecule has 11 heteroatoms. The second-order valence-electron chi connectivity index (χ2n) is 11.1. The van der Waals surface area contributed by atoms with Crippen molar-refractivity contribution in [2.24, 2.45) is 11.3 Å². The quantitative estimate of drug-likeness (QED) is 0.520. The third kappa shape index (κ3) is 5.97. The Labute approximate surface area is 229 Å². The number of benzene rings is 2. The van der Waals surface area contributed by atoms with E-state index >= 15 is 0 Å². The van der Waals surface area contributed by atoms with Crippen molar-refractivity contribution in [1.29, 1.82) is 0 Å². The van der Waals surface area contributed by atoms with Crippen LogP contribution in [0.25, 0.3) is 0 Å². The van der Waals surface area contributed by atoms with Gasteiger partial charge in [0.1, 0.15) is 17.7 Å². The van der Waals surface area contributed by atoms with Crippen LogP contribution in [0.1, 0.15) is 60.5 Å². The van der Waals surface area contributed by atoms with E-state index in [9.17, 15) is 36.3 Å². The second kappa shape index (κ2) is 11.2. The third-order valence-corrected chi connectivity index (χ3v) is 8.23. The molecule has 0 radical (unpaired) electrons. The Bertz CT molecular complexity index is 1270. The zero-order valence-electron chi connectivity index (χ0n) is 22.5. The molecule has 40 heavy (non-hydrogen) atoms. The second-order valence-corrected chi connectivity index (χ2v) is 11.1. The van der Waals surface area contributed by atoms with Gasteiger partial charge in [0.15, 0.2) is 0 Å². The van der Waals surface area contributed by atoms with Crippen molar-refractivity contribution < 1.29 is 36.3 Å². The summed E-state index contributed by atoms with van der Waals surface area (Å²) < 4.78 is 67.3. The monoisotopic (exact) mass is 565 g/mol. The number of likely N-dealkylation sites (tertiary alicyclic amines) is 2. The topological polar surface area (TPSA) is 69.7 Å². The molecule has 2 fully saturated rings. The minimum atomic E-state index is -4.76. The van der Waals surface area contributed by atoms with E-state index in [1.807, 2.05) is 0 Å². The maximum absolute atomic E-state index is 14.3. The first-order valence-corrected chi connectivity index (χ1v) is 13.2. The summed E-state index contributed by atoms with van der Waals surface area (Å²) in [7, 11) is 1.73. The van der Waals surface area contributed by atoms with E-state index in [0.717, 1.165) is 5.56 Å². The average Bonchev–Trinajstić information content (AvgIpc) is 2.89. The average molecular weight is 566 g/mol. The Morgan fingerprint density at radius 3 is 2.23 bits per heavy atom. The van der Waals surface area contributed by atoms with Gasteiger partial charge in [-0.15, -0.1) is 0 Å². The van der Waals surface area contributed by atoms with Gasteiger partial charge in [0.2, 0.25) is 11.8 Å². The van der Waals surface area contributed by atoms with Crippen LogP contribution in [-0.2, 0) is 15.8 Å². The zero-order chi connectivity index (χ0) is 29.4. The fraction of sp³-hybridized carbons (Fsp3) is 0.483. The van der Waals surface area contributed by atoms with Gasteiger partial charge in [0.05, 0.1) is 11.1 Å². The third-order valence-electron chi connectivity index (χ3n) is 8.23. The number of nitrogens with one attached hydrogen (secondary N) is 1. The van der Waals surface area contributed by atoms with E-state index in [2.05, 4.69) is 5.32 Å². The number of halogens is 5. The van der Waals surface area contributed by atoms with Crippen molar-refractivity contribution in [2.75, 3.05) is 26.7 Å². The van der Waals surface area contributed by atoms with Crippen LogP contribution in [0.3, 0.4) is 0 Å². The molecule has 4 rings (SSSR count). The van der Waals surface area contributed by atoms with Gasteiger partial charge in [-0.2, -0.15) is 13.2 Å². The highest BCUT2D eigenvalue weighted by atomic mass is 19.4. The molecule has 1 spiro atoms. The Hall–Kier alpha value is -3.50. The largest absolute Gasteiger partial charge is 0.416 e. The summed E-state index contributed by atoms with van der Waals surface area (Å²) in [6, 6.07) is 6.69. The maximum atomic E-state index is 14.3. The summed E-state index contributed by atoms with van der Waals surface area (Å²) in [5.41, 5.74) is -1.49. The lowest BCUT2D eigenvalue weighted by Gasteiger charge is -2.51. The molecule has 0 saturated carbocycles. The van der Waals surface area contributed by atoms with Crippen LogP contribution in [0.15, 0.2) is 42.5 Å². The van der Waals surface area contributed by atoms with Gasteiger partial charge in [0, 0.05) is 39.0 Å². The first kappa shape index (κ1) is 29.5. The lowest BCUT2D eigenvalue weighted by Crippen LogP contribution is -2.57. The molecule has 0 bridgehead atoms. The van der Waals surface area contributed by atoms with Crippen LogP contribution in [0.2, 0.25) is 0 Å². The molecule has 2 aliphatic heterocycles. The van der Waals surface area contributed by atoms with Crippen molar-refractivity contribution in [3.8, 4) is 0 Å². The summed E-state index contributed by atoms with van der Waals surface area (Å²) in [5.74, 6) is -3.52. The van der Waals surface area contributed by atoms with Crippen molar-refractivity contribution in [3.05, 3.63) is 70.8 Å². The number of rotatable bonds is 5. The number of piperidine rings is 2. The van der Waals surface area contributed by atoms with E-state index in [-0.39, 0.29) is 24.1 Å². The molecular weight excluding hydrogens is 533 g/mol. The molecule has 2 aliphatic rings. The fourth-order valence-electron chi connectivity index (χ4n) is 5.79. The molecule has 1 unspecified atom stereocenters. The Morgan fingerprint density at radius 1 is 1.02 bits per heavy atom. The van der Waals surface area contributed by atoms with Crippen LogP contribution >= 0.6 is 0 Å². The highest BCUT2D eigenvalue weighted by Crippen LogP contribution is 2.50. The zero-order valence-corrected chi connectivity index (χ0v) is 22.5. The highest BCUT2D eigenvalue weighted by molar-refractivity contribution is 5.98. The molecule has 2 aromatic carbocycles. The van der Waals surface area contributed by atoms with Gasteiger partial charge in [-0.25, -0.2) is 8.78 Å². The van der Waals surface area contributed by atoms with Crippen LogP contribution in [0, 0.1) is 23.0 Å². The van der Waals surface area contributed by atoms with Gasteiger partial charge < -0.3 is 15.1 Å². The number of carbonyl (C=O) groups is 3. The van der Waals surface area contributed by atoms with Crippen LogP contribution < -0.4 is 5.32 Å². The maximum Gasteiger partial charge on any atom is 0.416 e. The SMILES string of the molecule is CC(C)[C@@H](NC(=O)c1cc(C(F)(F)F)ccc1F)C(=O)N1CCC2(CC1)CC(=O)N(C)CC2c1ccc(F)cc1. The van der Waals surface area contributed by atoms with Gasteiger partial charge in [-0.3, -0.25) is 14.4 Å². The smallest absolute Gasteiger partial charge is 0.345 e. The van der Waals surface area contributed by atoms with Gasteiger partial charge in [0.25, 0.3) is 5.91 Å². The van der Waals surface area contributed by atoms with Crippen LogP contribution in [-0.4, -0.2) is 60.2 Å². The molecule has 1 N–H and O–H groups in total. The molecule has 216 valence electrons. The highest BCUT2D eigenvalue weighted by Gasteiger charge is 2.49. The molecule has 6 nitrogen and oxygen atoms in total. The summed E-state index contributed by atoms with van der Waals surface area (Å²) in [6.07, 6.45) is -3.48. The summed E-state index contributed by atoms with van der Waals surface area (Å²) in [6.45, 7) is 4.41. The Morgan fingerprint density at radius 2 is 1.65 bits per heavy atom. The normalized spacial score (nSPS) is 20.1. The molecule has 0 aliphatic carbocycles. The van der Waals surface area contributed by atoms with E-state index in [1.54, 1.807) is 42.8 Å². The number of likely N-dealkylation sites (N-methyl/N-ethyl adjacent to an activating group) is 1. The number of amides is 3. The molecule has 2 aromatic rings. The number of alkyl halides is 3. The van der Waals surface area contributed by atoms with Crippen molar-refractivity contribution in [2.45, 2.75) is 51.2 Å². The molecule has 2 heterocycles. The summed E-state index contributed by atoms with van der Waals surface area (Å²) in [4.78, 5) is 42.3. The lowest BCUT2D eigenvalue weighted by molar-refractivity contribution is -0.143. The first-order valence-electron chi connectivity index (χ1n) is 13.2. The van der Waals surface area contributed by atoms with Crippen molar-refractivity contribution >= 4 is 17.7 Å². The van der Waals surface area contributed by atoms with Crippen LogP contribution in [0.5, 0.6) is 0 Å². The predicted molar refractivity (Wildman–Crippen MR) is 137 cm³/mol. The Balaban J connectivity index is 1.50. The Kier molecular flexibility index (Phi) is 8.23. The molecule has 3 amide bonds. The number of nitrogens with zero attached hydrogens (tertiary/aromatic N) is 2. The number of hydrogen-bond acceptors (Lipinski definition) is 3. The summed E-state index contributed by atoms with van der Waals surface area (Å²) in [5, 5.41) is 2.44. The van der Waals surface area contributed by atoms with E-state index < -0.39 is 52.3 Å². The lowest BCUT2D eigenvalue weighted by atomic mass is 9.62. The van der Waals surface area contributed by atoms with E-state index in [0.29, 0.717) is 50.7 Å². The van der Waals surface area contributed by atoms with E-state index in [1.165, 1.54) is 12.1 Å². The van der Waals surface area contributed by atoms with Crippen molar-refractivity contribution in [3.63, 3.8) is 0 Å². The first-order chi connectivity index (χ1) is 18.7. The summed E-state index contributed by atoms with van der Waals surface area (Å²) >= 11 is 0. The minimum Gasteiger partial charge on any atom is -0.345 e. The molecule has 0 aromatic heterocycles. The minimum absolute atomic E-state index is 0.00595. The van der Waals surface area contributed by atoms with Gasteiger partial charge >= 0.3 is 6.18 Å². The molecule has 2 saturated heterocycles. The van der Waals surface area contributed by atoms with Gasteiger partial charge in [-0.05, 0) is 60.1 Å². The molecule has 2 atom stereocenters. The van der Waals surface area contributed by atoms with E-state index in [4.69, 9.17) is 0 Å². The van der Waals surface area contributed by atoms with Crippen LogP contribution in [0.4, 0.5) is 22.0 Å². The number of carbonyl (C=O) groups excluding carboxylic acids is 3. The standard InChI is InChI=1S/C29H32F5N3O3/c1-17(2)25(35-26(39)21-14-19(29(32,33)34)6-9-23(21)31)27(40)37-12-10-28(11-13-37)15-24(38)36(3)16-22(28)18-4-7-20(30)8-5-18/h4-9,14,17,22,25H,10-13,15-16H2,1-3H3,(H,35,39)/t22?,25-/m1/s1. The van der Waals surface area contributed by atoms with Crippen molar-refractivity contribution in [1.82, 2.24) is 15.1 Å². The predicted octanol–water partition coefficient (Wildman–Crippen LogP) is 4.99.